The number of nitrogens with one attached hydrogen (secondary N) is 1. The summed E-state index contributed by atoms with van der Waals surface area (Å²) in [6.45, 7) is 3.92. The van der Waals surface area contributed by atoms with Crippen LogP contribution in [0, 0.1) is 13.8 Å². The monoisotopic (exact) mass is 399 g/mol. The van der Waals surface area contributed by atoms with Crippen molar-refractivity contribution < 1.29 is 14.3 Å². The van der Waals surface area contributed by atoms with Gasteiger partial charge in [0.2, 0.25) is 6.10 Å². The van der Waals surface area contributed by atoms with Crippen molar-refractivity contribution in [3.63, 3.8) is 0 Å². The maximum Gasteiger partial charge on any atom is 0.359 e. The lowest BCUT2D eigenvalue weighted by molar-refractivity contribution is -0.125. The average Bonchev–Trinajstić information content (AvgIpc) is 3.17. The van der Waals surface area contributed by atoms with E-state index in [4.69, 9.17) is 4.74 Å². The molecule has 2 aromatic heterocycles. The van der Waals surface area contributed by atoms with Crippen LogP contribution in [0.3, 0.4) is 0 Å². The Balaban J connectivity index is 1.59. The van der Waals surface area contributed by atoms with Gasteiger partial charge in [0.25, 0.3) is 5.91 Å². The first-order chi connectivity index (χ1) is 14.5. The van der Waals surface area contributed by atoms with Gasteiger partial charge in [0.15, 0.2) is 5.69 Å². The van der Waals surface area contributed by atoms with E-state index >= 15 is 0 Å². The van der Waals surface area contributed by atoms with Gasteiger partial charge in [-0.2, -0.15) is 0 Å². The van der Waals surface area contributed by atoms with E-state index < -0.39 is 18.0 Å². The van der Waals surface area contributed by atoms with E-state index in [0.717, 1.165) is 11.1 Å². The Morgan fingerprint density at radius 3 is 2.43 bits per heavy atom. The van der Waals surface area contributed by atoms with Gasteiger partial charge in [-0.25, -0.2) is 9.78 Å². The van der Waals surface area contributed by atoms with Gasteiger partial charge in [-0.05, 0) is 43.7 Å². The molecule has 0 aliphatic heterocycles. The number of benzene rings is 2. The number of ether oxygens (including phenoxy) is 1. The van der Waals surface area contributed by atoms with Crippen LogP contribution in [0.15, 0.2) is 79.1 Å². The highest BCUT2D eigenvalue weighted by molar-refractivity contribution is 5.97. The molecule has 6 nitrogen and oxygen atoms in total. The Morgan fingerprint density at radius 1 is 0.967 bits per heavy atom. The number of nitrogens with zero attached hydrogens (tertiary/aromatic N) is 2. The minimum atomic E-state index is -1.11. The fourth-order valence-corrected chi connectivity index (χ4v) is 3.09. The molecule has 2 aromatic carbocycles. The quantitative estimate of drug-likeness (QED) is 0.502. The Bertz CT molecular complexity index is 1200. The molecule has 4 aromatic rings. The lowest BCUT2D eigenvalue weighted by Gasteiger charge is -2.17. The van der Waals surface area contributed by atoms with Crippen LogP contribution < -0.4 is 5.32 Å². The van der Waals surface area contributed by atoms with Crippen molar-refractivity contribution in [2.45, 2.75) is 20.0 Å². The number of carbonyl (C=O) groups excluding carboxylic acids is 2. The molecule has 1 N–H and O–H groups in total. The van der Waals surface area contributed by atoms with Gasteiger partial charge in [0, 0.05) is 23.6 Å². The SMILES string of the molecule is Cc1ccc(NC(=O)C(OC(=O)c2cn3ccc(C)cc3n2)c2ccccc2)cc1. The van der Waals surface area contributed by atoms with Crippen LogP contribution in [0.2, 0.25) is 0 Å². The fraction of sp³-hybridized carbons (Fsp3) is 0.125. The molecule has 30 heavy (non-hydrogen) atoms. The summed E-state index contributed by atoms with van der Waals surface area (Å²) in [7, 11) is 0. The van der Waals surface area contributed by atoms with Crippen molar-refractivity contribution in [3.8, 4) is 0 Å². The predicted octanol–water partition coefficient (Wildman–Crippen LogP) is 4.49. The van der Waals surface area contributed by atoms with Crippen molar-refractivity contribution in [1.29, 1.82) is 0 Å². The van der Waals surface area contributed by atoms with Gasteiger partial charge in [-0.3, -0.25) is 4.79 Å². The van der Waals surface area contributed by atoms with Crippen molar-refractivity contribution in [2.24, 2.45) is 0 Å². The van der Waals surface area contributed by atoms with Gasteiger partial charge in [-0.1, -0.05) is 48.0 Å². The average molecular weight is 399 g/mol. The maximum absolute atomic E-state index is 13.0. The van der Waals surface area contributed by atoms with Crippen LogP contribution in [0.25, 0.3) is 5.65 Å². The molecule has 2 heterocycles. The van der Waals surface area contributed by atoms with Crippen LogP contribution in [-0.2, 0) is 9.53 Å². The maximum atomic E-state index is 13.0. The molecule has 0 saturated carbocycles. The first-order valence-electron chi connectivity index (χ1n) is 9.58. The number of anilines is 1. The molecule has 0 saturated heterocycles. The van der Waals surface area contributed by atoms with Crippen LogP contribution in [0.1, 0.15) is 33.3 Å². The van der Waals surface area contributed by atoms with Crippen LogP contribution in [-0.4, -0.2) is 21.3 Å². The van der Waals surface area contributed by atoms with Crippen LogP contribution >= 0.6 is 0 Å². The van der Waals surface area contributed by atoms with E-state index in [9.17, 15) is 9.59 Å². The zero-order valence-electron chi connectivity index (χ0n) is 16.7. The van der Waals surface area contributed by atoms with E-state index in [1.165, 1.54) is 0 Å². The second-order valence-corrected chi connectivity index (χ2v) is 7.15. The van der Waals surface area contributed by atoms with E-state index in [0.29, 0.717) is 16.9 Å². The van der Waals surface area contributed by atoms with Crippen molar-refractivity contribution in [1.82, 2.24) is 9.38 Å². The second-order valence-electron chi connectivity index (χ2n) is 7.15. The third-order valence-electron chi connectivity index (χ3n) is 4.71. The molecule has 150 valence electrons. The molecule has 6 heteroatoms. The summed E-state index contributed by atoms with van der Waals surface area (Å²) in [5, 5.41) is 2.82. The molecule has 1 unspecified atom stereocenters. The third-order valence-corrected chi connectivity index (χ3v) is 4.71. The van der Waals surface area contributed by atoms with E-state index in [1.807, 2.05) is 62.5 Å². The van der Waals surface area contributed by atoms with Gasteiger partial charge in [0.1, 0.15) is 5.65 Å². The first-order valence-corrected chi connectivity index (χ1v) is 9.58. The smallest absolute Gasteiger partial charge is 0.359 e. The van der Waals surface area contributed by atoms with E-state index in [1.54, 1.807) is 34.9 Å². The number of esters is 1. The van der Waals surface area contributed by atoms with Crippen LogP contribution in [0.5, 0.6) is 0 Å². The number of pyridine rings is 1. The van der Waals surface area contributed by atoms with Crippen molar-refractivity contribution >= 4 is 23.2 Å². The predicted molar refractivity (Wildman–Crippen MR) is 114 cm³/mol. The molecular formula is C24H21N3O3. The normalized spacial score (nSPS) is 11.8. The van der Waals surface area contributed by atoms with Gasteiger partial charge < -0.3 is 14.5 Å². The zero-order chi connectivity index (χ0) is 21.1. The van der Waals surface area contributed by atoms with E-state index in [-0.39, 0.29) is 5.69 Å². The number of aromatic nitrogens is 2. The number of hydrogen-bond donors (Lipinski definition) is 1. The topological polar surface area (TPSA) is 72.7 Å². The molecule has 1 amide bonds. The van der Waals surface area contributed by atoms with Gasteiger partial charge >= 0.3 is 5.97 Å². The largest absolute Gasteiger partial charge is 0.443 e. The van der Waals surface area contributed by atoms with Gasteiger partial charge in [0.05, 0.1) is 0 Å². The summed E-state index contributed by atoms with van der Waals surface area (Å²) >= 11 is 0. The number of aryl methyl sites for hydroxylation is 2. The summed E-state index contributed by atoms with van der Waals surface area (Å²) in [4.78, 5) is 30.1. The summed E-state index contributed by atoms with van der Waals surface area (Å²) < 4.78 is 7.36. The Kier molecular flexibility index (Phi) is 5.30. The number of fused-ring (bicyclic) bond motifs is 1. The molecule has 0 aliphatic rings. The van der Waals surface area contributed by atoms with Crippen molar-refractivity contribution in [3.05, 3.63) is 102 Å². The lowest BCUT2D eigenvalue weighted by Crippen LogP contribution is -2.26. The number of rotatable bonds is 5. The number of hydrogen-bond acceptors (Lipinski definition) is 4. The number of amides is 1. The zero-order valence-corrected chi connectivity index (χ0v) is 16.7. The highest BCUT2D eigenvalue weighted by Crippen LogP contribution is 2.22. The van der Waals surface area contributed by atoms with Gasteiger partial charge in [-0.15, -0.1) is 0 Å². The summed E-state index contributed by atoms with van der Waals surface area (Å²) in [5.41, 5.74) is 4.11. The molecular weight excluding hydrogens is 378 g/mol. The van der Waals surface area contributed by atoms with Crippen LogP contribution in [0.4, 0.5) is 5.69 Å². The number of imidazole rings is 1. The standard InChI is InChI=1S/C24H21N3O3/c1-16-8-10-19(11-9-16)25-23(28)22(18-6-4-3-5-7-18)30-24(29)20-15-27-13-12-17(2)14-21(27)26-20/h3-15,22H,1-2H3,(H,25,28). The molecule has 1 atom stereocenters. The fourth-order valence-electron chi connectivity index (χ4n) is 3.09. The van der Waals surface area contributed by atoms with Crippen molar-refractivity contribution in [2.75, 3.05) is 5.32 Å². The molecule has 0 aliphatic carbocycles. The Labute approximate surface area is 174 Å². The highest BCUT2D eigenvalue weighted by atomic mass is 16.5. The highest BCUT2D eigenvalue weighted by Gasteiger charge is 2.27. The molecule has 0 spiro atoms. The summed E-state index contributed by atoms with van der Waals surface area (Å²) in [6.07, 6.45) is 2.32. The minimum absolute atomic E-state index is 0.143. The van der Waals surface area contributed by atoms with E-state index in [2.05, 4.69) is 10.3 Å². The summed E-state index contributed by atoms with van der Waals surface area (Å²) in [6, 6.07) is 20.1. The lowest BCUT2D eigenvalue weighted by atomic mass is 10.1. The molecule has 4 rings (SSSR count). The molecule has 0 radical (unpaired) electrons. The first kappa shape index (κ1) is 19.4. The Morgan fingerprint density at radius 2 is 1.70 bits per heavy atom. The minimum Gasteiger partial charge on any atom is -0.443 e. The second kappa shape index (κ2) is 8.21. The molecule has 0 fully saturated rings. The molecule has 0 bridgehead atoms. The number of carbonyl (C=O) groups is 2. The Hall–Kier alpha value is -3.93. The summed E-state index contributed by atoms with van der Waals surface area (Å²) in [5.74, 6) is -1.10. The third kappa shape index (κ3) is 4.22.